The first kappa shape index (κ1) is 26.7. The maximum Gasteiger partial charge on any atom is 0.344 e. The summed E-state index contributed by atoms with van der Waals surface area (Å²) in [7, 11) is -2.24. The predicted molar refractivity (Wildman–Crippen MR) is 139 cm³/mol. The molecule has 4 rings (SSSR count). The second-order valence-corrected chi connectivity index (χ2v) is 11.2. The van der Waals surface area contributed by atoms with Crippen molar-refractivity contribution in [1.29, 1.82) is 0 Å². The largest absolute Gasteiger partial charge is 0.423 e. The molecule has 2 heterocycles. The van der Waals surface area contributed by atoms with Crippen molar-refractivity contribution < 1.29 is 27.1 Å². The number of esters is 1. The maximum atomic E-state index is 13.6. The fourth-order valence-electron chi connectivity index (χ4n) is 3.80. The van der Waals surface area contributed by atoms with Crippen molar-refractivity contribution in [3.63, 3.8) is 0 Å². The number of nitrogens with zero attached hydrogens (tertiary/aromatic N) is 3. The van der Waals surface area contributed by atoms with Gasteiger partial charge in [-0.15, -0.1) is 0 Å². The van der Waals surface area contributed by atoms with Gasteiger partial charge in [0, 0.05) is 28.8 Å². The number of hydrogen-bond donors (Lipinski definition) is 0. The van der Waals surface area contributed by atoms with Crippen LogP contribution in [-0.4, -0.2) is 44.3 Å². The Bertz CT molecular complexity index is 1490. The number of fused-ring (bicyclic) bond motifs is 1. The summed E-state index contributed by atoms with van der Waals surface area (Å²) in [5.41, 5.74) is 3.27. The topological polar surface area (TPSA) is 98.7 Å². The average Bonchev–Trinajstić information content (AvgIpc) is 3.15. The van der Waals surface area contributed by atoms with Crippen LogP contribution in [0.25, 0.3) is 17.0 Å². The van der Waals surface area contributed by atoms with E-state index in [1.807, 2.05) is 13.8 Å². The normalized spacial score (nSPS) is 14.2. The first-order valence-corrected chi connectivity index (χ1v) is 13.6. The van der Waals surface area contributed by atoms with Gasteiger partial charge in [-0.05, 0) is 54.5 Å². The fourth-order valence-corrected chi connectivity index (χ4v) is 4.35. The third kappa shape index (κ3) is 5.82. The first-order chi connectivity index (χ1) is 17.5. The van der Waals surface area contributed by atoms with E-state index in [9.17, 15) is 17.6 Å². The van der Waals surface area contributed by atoms with Crippen molar-refractivity contribution >= 4 is 39.3 Å². The third-order valence-corrected chi connectivity index (χ3v) is 7.17. The van der Waals surface area contributed by atoms with Crippen molar-refractivity contribution in [3.8, 4) is 11.3 Å². The molecule has 1 aliphatic rings. The molecule has 0 bridgehead atoms. The zero-order valence-electron chi connectivity index (χ0n) is 20.7. The Kier molecular flexibility index (Phi) is 7.63. The highest BCUT2D eigenvalue weighted by Gasteiger charge is 2.27. The van der Waals surface area contributed by atoms with Crippen molar-refractivity contribution in [1.82, 2.24) is 9.97 Å². The average molecular weight is 546 g/mol. The van der Waals surface area contributed by atoms with Crippen LogP contribution in [0.15, 0.2) is 48.5 Å². The van der Waals surface area contributed by atoms with Crippen LogP contribution in [0, 0.1) is 5.82 Å². The predicted octanol–water partition coefficient (Wildman–Crippen LogP) is 5.18. The van der Waals surface area contributed by atoms with Crippen LogP contribution >= 0.6 is 11.6 Å². The number of cyclic esters (lactones) is 1. The molecule has 11 heteroatoms. The maximum absolute atomic E-state index is 13.6. The van der Waals surface area contributed by atoms with E-state index in [1.54, 1.807) is 36.4 Å². The number of hydrogen-bond acceptors (Lipinski definition) is 7. The first-order valence-electron chi connectivity index (χ1n) is 11.4. The van der Waals surface area contributed by atoms with Crippen molar-refractivity contribution in [3.05, 3.63) is 81.8 Å². The summed E-state index contributed by atoms with van der Waals surface area (Å²) in [6.07, 6.45) is 2.71. The molecule has 3 aromatic rings. The van der Waals surface area contributed by atoms with Gasteiger partial charge >= 0.3 is 5.97 Å². The standard InChI is InChI=1S/C26H25ClFN3O5S/c1-15(2)23-21(14-35-12-11-22-19-10-7-17(27)13-20(19)25(32)36-22)24(16-5-8-18(28)9-6-16)30-26(29-23)31(3)37(4,33)34/h5-11,13,15H,12,14H2,1-4H3/b22-11-. The van der Waals surface area contributed by atoms with E-state index < -0.39 is 21.8 Å². The molecule has 1 aliphatic heterocycles. The fraction of sp³-hybridized carbons (Fsp3) is 0.269. The van der Waals surface area contributed by atoms with Crippen LogP contribution < -0.4 is 4.31 Å². The molecule has 0 fully saturated rings. The minimum absolute atomic E-state index is 0.00419. The second kappa shape index (κ2) is 10.6. The summed E-state index contributed by atoms with van der Waals surface area (Å²) < 4.78 is 50.2. The minimum Gasteiger partial charge on any atom is -0.423 e. The van der Waals surface area contributed by atoms with Crippen molar-refractivity contribution in [2.75, 3.05) is 24.2 Å². The third-order valence-electron chi connectivity index (χ3n) is 5.77. The van der Waals surface area contributed by atoms with Gasteiger partial charge in [-0.25, -0.2) is 31.9 Å². The lowest BCUT2D eigenvalue weighted by Crippen LogP contribution is -2.28. The lowest BCUT2D eigenvalue weighted by molar-refractivity contribution is 0.0713. The molecule has 194 valence electrons. The molecule has 2 aromatic carbocycles. The van der Waals surface area contributed by atoms with E-state index in [0.717, 1.165) is 10.6 Å². The highest BCUT2D eigenvalue weighted by Crippen LogP contribution is 2.33. The van der Waals surface area contributed by atoms with Gasteiger partial charge in [0.2, 0.25) is 16.0 Å². The number of anilines is 1. The number of carbonyl (C=O) groups is 1. The Hall–Kier alpha value is -3.34. The van der Waals surface area contributed by atoms with Crippen LogP contribution in [-0.2, 0) is 26.1 Å². The molecule has 37 heavy (non-hydrogen) atoms. The SMILES string of the molecule is CC(C)c1nc(N(C)S(C)(=O)=O)nc(-c2ccc(F)cc2)c1COC/C=C1\OC(=O)c2cc(Cl)ccc21. The van der Waals surface area contributed by atoms with Crippen molar-refractivity contribution in [2.45, 2.75) is 26.4 Å². The molecular formula is C26H25ClFN3O5S. The van der Waals surface area contributed by atoms with Gasteiger partial charge < -0.3 is 9.47 Å². The van der Waals surface area contributed by atoms with E-state index in [4.69, 9.17) is 21.1 Å². The van der Waals surface area contributed by atoms with Gasteiger partial charge in [0.25, 0.3) is 0 Å². The summed E-state index contributed by atoms with van der Waals surface area (Å²) >= 11 is 5.98. The van der Waals surface area contributed by atoms with Gasteiger partial charge in [-0.2, -0.15) is 0 Å². The van der Waals surface area contributed by atoms with Crippen LogP contribution in [0.5, 0.6) is 0 Å². The van der Waals surface area contributed by atoms with Gasteiger partial charge in [-0.3, -0.25) is 0 Å². The number of ether oxygens (including phenoxy) is 2. The molecule has 0 atom stereocenters. The molecule has 0 N–H and O–H groups in total. The van der Waals surface area contributed by atoms with Crippen LogP contribution in [0.4, 0.5) is 10.3 Å². The second-order valence-electron chi connectivity index (χ2n) is 8.79. The van der Waals surface area contributed by atoms with Gasteiger partial charge in [0.1, 0.15) is 11.6 Å². The summed E-state index contributed by atoms with van der Waals surface area (Å²) in [5, 5.41) is 0.438. The summed E-state index contributed by atoms with van der Waals surface area (Å²) in [6.45, 7) is 4.03. The Morgan fingerprint density at radius 1 is 1.14 bits per heavy atom. The van der Waals surface area contributed by atoms with Gasteiger partial charge in [0.05, 0.1) is 36.4 Å². The monoisotopic (exact) mass is 545 g/mol. The van der Waals surface area contributed by atoms with E-state index in [1.165, 1.54) is 19.2 Å². The summed E-state index contributed by atoms with van der Waals surface area (Å²) in [6, 6.07) is 10.7. The van der Waals surface area contributed by atoms with E-state index in [-0.39, 0.29) is 25.1 Å². The Morgan fingerprint density at radius 3 is 2.49 bits per heavy atom. The zero-order chi connectivity index (χ0) is 26.9. The molecule has 1 aromatic heterocycles. The molecule has 8 nitrogen and oxygen atoms in total. The molecule has 0 aliphatic carbocycles. The highest BCUT2D eigenvalue weighted by molar-refractivity contribution is 7.92. The molecule has 0 radical (unpaired) electrons. The van der Waals surface area contributed by atoms with E-state index >= 15 is 0 Å². The Morgan fingerprint density at radius 2 is 1.84 bits per heavy atom. The molecule has 0 saturated heterocycles. The number of sulfonamides is 1. The molecule has 0 spiro atoms. The molecule has 0 amide bonds. The van der Waals surface area contributed by atoms with Crippen LogP contribution in [0.1, 0.15) is 46.9 Å². The smallest absolute Gasteiger partial charge is 0.344 e. The Balaban J connectivity index is 1.67. The summed E-state index contributed by atoms with van der Waals surface area (Å²) in [4.78, 5) is 21.2. The summed E-state index contributed by atoms with van der Waals surface area (Å²) in [5.74, 6) is -0.611. The number of aromatic nitrogens is 2. The molecule has 0 unspecified atom stereocenters. The number of benzene rings is 2. The van der Waals surface area contributed by atoms with Crippen LogP contribution in [0.2, 0.25) is 5.02 Å². The quantitative estimate of drug-likeness (QED) is 0.284. The van der Waals surface area contributed by atoms with E-state index in [2.05, 4.69) is 9.97 Å². The highest BCUT2D eigenvalue weighted by atomic mass is 35.5. The van der Waals surface area contributed by atoms with Gasteiger partial charge in [0.15, 0.2) is 0 Å². The minimum atomic E-state index is -3.62. The molecular weight excluding hydrogens is 521 g/mol. The number of halogens is 2. The molecule has 0 saturated carbocycles. The lowest BCUT2D eigenvalue weighted by atomic mass is 9.99. The van der Waals surface area contributed by atoms with Gasteiger partial charge in [-0.1, -0.05) is 25.4 Å². The lowest BCUT2D eigenvalue weighted by Gasteiger charge is -2.21. The van der Waals surface area contributed by atoms with Crippen molar-refractivity contribution in [2.24, 2.45) is 0 Å². The number of carbonyl (C=O) groups excluding carboxylic acids is 1. The Labute approximate surface area is 219 Å². The van der Waals surface area contributed by atoms with Crippen LogP contribution in [0.3, 0.4) is 0 Å². The number of rotatable bonds is 8. The zero-order valence-corrected chi connectivity index (χ0v) is 22.2. The van der Waals surface area contributed by atoms with E-state index in [0.29, 0.717) is 44.4 Å².